The molecule has 0 radical (unpaired) electrons. The Bertz CT molecular complexity index is 3380. The van der Waals surface area contributed by atoms with Crippen molar-refractivity contribution in [3.63, 3.8) is 0 Å². The van der Waals surface area contributed by atoms with E-state index < -0.39 is 5.41 Å². The number of ether oxygens (including phenoxy) is 1. The van der Waals surface area contributed by atoms with Gasteiger partial charge < -0.3 is 9.30 Å². The van der Waals surface area contributed by atoms with Crippen LogP contribution in [-0.2, 0) is 5.41 Å². The monoisotopic (exact) mass is 745 g/mol. The molecule has 6 heteroatoms. The number of para-hydroxylation sites is 5. The van der Waals surface area contributed by atoms with E-state index in [0.29, 0.717) is 5.95 Å². The van der Waals surface area contributed by atoms with Crippen molar-refractivity contribution in [3.8, 4) is 23.1 Å². The van der Waals surface area contributed by atoms with Gasteiger partial charge in [-0.2, -0.15) is 9.97 Å². The molecule has 0 amide bonds. The second-order valence-corrected chi connectivity index (χ2v) is 15.7. The van der Waals surface area contributed by atoms with Crippen LogP contribution in [0.1, 0.15) is 59.1 Å². The summed E-state index contributed by atoms with van der Waals surface area (Å²) in [6, 6.07) is 46.4. The Morgan fingerprint density at radius 1 is 0.569 bits per heavy atom. The van der Waals surface area contributed by atoms with Gasteiger partial charge in [0.15, 0.2) is 11.6 Å². The number of hydrogen-bond acceptors (Lipinski definition) is 4. The molecule has 2 aliphatic carbocycles. The summed E-state index contributed by atoms with van der Waals surface area (Å²) >= 11 is 0. The molecular formula is C52H35N5O. The maximum Gasteiger partial charge on any atom is 0.238 e. The first kappa shape index (κ1) is 31.8. The summed E-state index contributed by atoms with van der Waals surface area (Å²) < 4.78 is 12.0. The van der Waals surface area contributed by atoms with E-state index >= 15 is 0 Å². The first-order chi connectivity index (χ1) is 28.8. The molecule has 3 aromatic heterocycles. The summed E-state index contributed by atoms with van der Waals surface area (Å²) in [4.78, 5) is 15.9. The van der Waals surface area contributed by atoms with Gasteiger partial charge in [-0.1, -0.05) is 146 Å². The van der Waals surface area contributed by atoms with Crippen LogP contribution in [-0.4, -0.2) is 24.1 Å². The van der Waals surface area contributed by atoms with E-state index in [-0.39, 0.29) is 5.92 Å². The molecule has 4 aliphatic rings. The zero-order chi connectivity index (χ0) is 38.0. The van der Waals surface area contributed by atoms with Gasteiger partial charge in [-0.3, -0.25) is 4.57 Å². The third-order valence-electron chi connectivity index (χ3n) is 12.8. The number of hydrogen-bond donors (Lipinski definition) is 0. The summed E-state index contributed by atoms with van der Waals surface area (Å²) in [5.41, 5.74) is 10.7. The zero-order valence-electron chi connectivity index (χ0n) is 31.5. The topological polar surface area (TPSA) is 57.8 Å². The molecule has 2 unspecified atom stereocenters. The van der Waals surface area contributed by atoms with Crippen LogP contribution < -0.4 is 4.74 Å². The van der Waals surface area contributed by atoms with Crippen molar-refractivity contribution < 1.29 is 4.74 Å². The lowest BCUT2D eigenvalue weighted by atomic mass is 9.61. The molecule has 274 valence electrons. The molecule has 2 aliphatic heterocycles. The van der Waals surface area contributed by atoms with E-state index in [2.05, 4.69) is 179 Å². The Morgan fingerprint density at radius 3 is 2.14 bits per heavy atom. The van der Waals surface area contributed by atoms with Crippen molar-refractivity contribution in [2.45, 2.75) is 30.6 Å². The Kier molecular flexibility index (Phi) is 6.51. The fraction of sp³-hybridized carbons (Fsp3) is 0.0962. The molecule has 0 saturated carbocycles. The normalized spacial score (nSPS) is 18.8. The molecule has 5 heterocycles. The summed E-state index contributed by atoms with van der Waals surface area (Å²) in [5, 5.41) is 4.69. The lowest BCUT2D eigenvalue weighted by Gasteiger charge is -2.45. The van der Waals surface area contributed by atoms with E-state index in [4.69, 9.17) is 19.7 Å². The predicted molar refractivity (Wildman–Crippen MR) is 232 cm³/mol. The number of allylic oxidation sites excluding steroid dienone is 8. The third-order valence-corrected chi connectivity index (χ3v) is 12.8. The standard InChI is InChI=1S/C52H35N5O/c1-3-16-32(17-4-1)49-53-50(33-18-5-2-6-19-33)55-51(54-49)57-43-27-12-8-21-35(43)37-30-31-41-48(47(37)57)58-45-29-14-10-24-39(45)52(41)38-23-9-13-28-44(38)56-42-26-11-7-20-34(42)36-22-15-25-40(52)46(36)56/h1-5,7-16,18,20-32H,6,17,19H2. The van der Waals surface area contributed by atoms with Crippen LogP contribution in [0.25, 0.3) is 60.8 Å². The van der Waals surface area contributed by atoms with E-state index in [1.54, 1.807) is 0 Å². The highest BCUT2D eigenvalue weighted by molar-refractivity contribution is 6.14. The molecule has 1 spiro atoms. The molecule has 0 saturated heterocycles. The lowest BCUT2D eigenvalue weighted by Crippen LogP contribution is -2.37. The maximum atomic E-state index is 7.32. The minimum atomic E-state index is -0.700. The molecule has 6 aromatic carbocycles. The third kappa shape index (κ3) is 4.13. The SMILES string of the molecule is C1=CCCC(c2nc(C3C=CC=CC3)nc(-n3c4ccccc4c4ccc5c(c43)Oc3ccccc3C53c4ccccc4-n4c5ccccc5c5cccc3c54)n2)=C1. The molecule has 13 rings (SSSR count). The average Bonchev–Trinajstić information content (AvgIpc) is 3.82. The second-order valence-electron chi connectivity index (χ2n) is 15.7. The Labute approximate surface area is 334 Å². The van der Waals surface area contributed by atoms with Crippen LogP contribution in [0.3, 0.4) is 0 Å². The van der Waals surface area contributed by atoms with Crippen LogP contribution in [0.15, 0.2) is 170 Å². The highest BCUT2D eigenvalue weighted by Gasteiger charge is 2.51. The van der Waals surface area contributed by atoms with Gasteiger partial charge in [0.1, 0.15) is 17.1 Å². The van der Waals surface area contributed by atoms with Gasteiger partial charge in [0.05, 0.1) is 27.7 Å². The van der Waals surface area contributed by atoms with Gasteiger partial charge >= 0.3 is 0 Å². The predicted octanol–water partition coefficient (Wildman–Crippen LogP) is 12.2. The smallest absolute Gasteiger partial charge is 0.238 e. The number of nitrogens with zero attached hydrogens (tertiary/aromatic N) is 5. The summed E-state index contributed by atoms with van der Waals surface area (Å²) in [6.07, 6.45) is 17.8. The van der Waals surface area contributed by atoms with Crippen molar-refractivity contribution in [3.05, 3.63) is 204 Å². The van der Waals surface area contributed by atoms with Gasteiger partial charge in [0.2, 0.25) is 5.95 Å². The van der Waals surface area contributed by atoms with Crippen LogP contribution in [0.4, 0.5) is 0 Å². The highest BCUT2D eigenvalue weighted by Crippen LogP contribution is 2.61. The second kappa shape index (κ2) is 11.9. The highest BCUT2D eigenvalue weighted by atomic mass is 16.5. The van der Waals surface area contributed by atoms with Gasteiger partial charge in [-0.25, -0.2) is 4.98 Å². The lowest BCUT2D eigenvalue weighted by molar-refractivity contribution is 0.437. The molecule has 2 atom stereocenters. The van der Waals surface area contributed by atoms with Gasteiger partial charge in [-0.15, -0.1) is 0 Å². The maximum absolute atomic E-state index is 7.32. The van der Waals surface area contributed by atoms with Crippen molar-refractivity contribution in [1.29, 1.82) is 0 Å². The Hall–Kier alpha value is -7.31. The Morgan fingerprint density at radius 2 is 1.31 bits per heavy atom. The molecule has 0 N–H and O–H groups in total. The van der Waals surface area contributed by atoms with Gasteiger partial charge in [0, 0.05) is 38.6 Å². The fourth-order valence-electron chi connectivity index (χ4n) is 10.4. The number of fused-ring (bicyclic) bond motifs is 15. The van der Waals surface area contributed by atoms with Crippen molar-refractivity contribution in [1.82, 2.24) is 24.1 Å². The van der Waals surface area contributed by atoms with Gasteiger partial charge in [-0.05, 0) is 60.2 Å². The molecule has 58 heavy (non-hydrogen) atoms. The van der Waals surface area contributed by atoms with Crippen LogP contribution in [0.2, 0.25) is 0 Å². The fourth-order valence-corrected chi connectivity index (χ4v) is 10.4. The molecular weight excluding hydrogens is 711 g/mol. The molecule has 0 bridgehead atoms. The van der Waals surface area contributed by atoms with Crippen LogP contribution >= 0.6 is 0 Å². The van der Waals surface area contributed by atoms with Crippen molar-refractivity contribution in [2.75, 3.05) is 0 Å². The number of benzene rings is 6. The molecule has 6 nitrogen and oxygen atoms in total. The summed E-state index contributed by atoms with van der Waals surface area (Å²) in [7, 11) is 0. The van der Waals surface area contributed by atoms with E-state index in [1.807, 2.05) is 0 Å². The quantitative estimate of drug-likeness (QED) is 0.181. The zero-order valence-corrected chi connectivity index (χ0v) is 31.5. The average molecular weight is 746 g/mol. The van der Waals surface area contributed by atoms with Crippen molar-refractivity contribution >= 4 is 49.2 Å². The van der Waals surface area contributed by atoms with Crippen LogP contribution in [0.5, 0.6) is 11.5 Å². The first-order valence-electron chi connectivity index (χ1n) is 20.2. The van der Waals surface area contributed by atoms with Gasteiger partial charge in [0.25, 0.3) is 0 Å². The minimum Gasteiger partial charge on any atom is -0.454 e. The largest absolute Gasteiger partial charge is 0.454 e. The number of rotatable bonds is 3. The molecule has 0 fully saturated rings. The van der Waals surface area contributed by atoms with E-state index in [1.165, 1.54) is 38.6 Å². The van der Waals surface area contributed by atoms with E-state index in [9.17, 15) is 0 Å². The minimum absolute atomic E-state index is 0.0459. The Balaban J connectivity index is 1.18. The summed E-state index contributed by atoms with van der Waals surface area (Å²) in [5.74, 6) is 3.80. The van der Waals surface area contributed by atoms with Crippen molar-refractivity contribution in [2.24, 2.45) is 0 Å². The first-order valence-corrected chi connectivity index (χ1v) is 20.2. The van der Waals surface area contributed by atoms with Crippen LogP contribution in [0, 0.1) is 0 Å². The summed E-state index contributed by atoms with van der Waals surface area (Å²) in [6.45, 7) is 0. The number of aromatic nitrogens is 5. The molecule has 9 aromatic rings. The van der Waals surface area contributed by atoms with E-state index in [0.717, 1.165) is 80.9 Å².